The van der Waals surface area contributed by atoms with Crippen LogP contribution in [0.4, 0.5) is 0 Å². The standard InChI is InChI=1S/C16H22N2O/c1-12(17)14-2-3-16-15(10-14)4-7-18(16)11-13-5-8-19-9-6-13/h2-4,7,10,12-13H,5-6,8-9,11,17H2,1H3. The molecule has 0 saturated carbocycles. The van der Waals surface area contributed by atoms with E-state index in [2.05, 4.69) is 35.0 Å². The van der Waals surface area contributed by atoms with Crippen molar-refractivity contribution in [3.8, 4) is 0 Å². The third kappa shape index (κ3) is 2.67. The molecular formula is C16H22N2O. The van der Waals surface area contributed by atoms with Gasteiger partial charge in [0.15, 0.2) is 0 Å². The fourth-order valence-corrected chi connectivity index (χ4v) is 2.87. The zero-order valence-electron chi connectivity index (χ0n) is 11.5. The molecule has 1 aromatic heterocycles. The number of aromatic nitrogens is 1. The minimum Gasteiger partial charge on any atom is -0.381 e. The first-order valence-electron chi connectivity index (χ1n) is 7.16. The van der Waals surface area contributed by atoms with Crippen molar-refractivity contribution in [3.63, 3.8) is 0 Å². The number of rotatable bonds is 3. The second kappa shape index (κ2) is 5.35. The monoisotopic (exact) mass is 258 g/mol. The summed E-state index contributed by atoms with van der Waals surface area (Å²) in [7, 11) is 0. The van der Waals surface area contributed by atoms with E-state index >= 15 is 0 Å². The van der Waals surface area contributed by atoms with Crippen molar-refractivity contribution in [2.45, 2.75) is 32.4 Å². The summed E-state index contributed by atoms with van der Waals surface area (Å²) in [6.45, 7) is 4.96. The Morgan fingerprint density at radius 3 is 2.84 bits per heavy atom. The van der Waals surface area contributed by atoms with Gasteiger partial charge in [0, 0.05) is 37.5 Å². The van der Waals surface area contributed by atoms with Crippen LogP contribution in [-0.4, -0.2) is 17.8 Å². The van der Waals surface area contributed by atoms with Crippen molar-refractivity contribution in [1.82, 2.24) is 4.57 Å². The SMILES string of the molecule is CC(N)c1ccc2c(ccn2CC2CCOCC2)c1. The summed E-state index contributed by atoms with van der Waals surface area (Å²) >= 11 is 0. The molecule has 0 aliphatic carbocycles. The van der Waals surface area contributed by atoms with Crippen LogP contribution < -0.4 is 5.73 Å². The first-order valence-corrected chi connectivity index (χ1v) is 7.16. The molecule has 0 amide bonds. The summed E-state index contributed by atoms with van der Waals surface area (Å²) in [5, 5.41) is 1.29. The molecule has 1 aliphatic heterocycles. The number of hydrogen-bond donors (Lipinski definition) is 1. The smallest absolute Gasteiger partial charge is 0.0480 e. The topological polar surface area (TPSA) is 40.2 Å². The molecule has 3 heteroatoms. The molecule has 19 heavy (non-hydrogen) atoms. The van der Waals surface area contributed by atoms with E-state index in [0.29, 0.717) is 0 Å². The average molecular weight is 258 g/mol. The maximum atomic E-state index is 5.94. The second-order valence-electron chi connectivity index (χ2n) is 5.63. The number of benzene rings is 1. The molecule has 1 aliphatic rings. The van der Waals surface area contributed by atoms with Crippen LogP contribution in [0, 0.1) is 5.92 Å². The van der Waals surface area contributed by atoms with Gasteiger partial charge >= 0.3 is 0 Å². The minimum absolute atomic E-state index is 0.100. The van der Waals surface area contributed by atoms with Gasteiger partial charge in [-0.2, -0.15) is 0 Å². The first-order chi connectivity index (χ1) is 9.24. The molecule has 3 nitrogen and oxygen atoms in total. The molecule has 1 fully saturated rings. The zero-order chi connectivity index (χ0) is 13.2. The third-order valence-electron chi connectivity index (χ3n) is 4.12. The van der Waals surface area contributed by atoms with Gasteiger partial charge in [-0.05, 0) is 54.8 Å². The molecule has 0 radical (unpaired) electrons. The maximum Gasteiger partial charge on any atom is 0.0480 e. The molecule has 0 spiro atoms. The number of nitrogens with two attached hydrogens (primary N) is 1. The van der Waals surface area contributed by atoms with Crippen molar-refractivity contribution in [1.29, 1.82) is 0 Å². The van der Waals surface area contributed by atoms with Crippen LogP contribution in [0.3, 0.4) is 0 Å². The zero-order valence-corrected chi connectivity index (χ0v) is 11.5. The number of ether oxygens (including phenoxy) is 1. The number of fused-ring (bicyclic) bond motifs is 1. The van der Waals surface area contributed by atoms with Crippen LogP contribution in [0.5, 0.6) is 0 Å². The number of nitrogens with zero attached hydrogens (tertiary/aromatic N) is 1. The van der Waals surface area contributed by atoms with Gasteiger partial charge in [0.2, 0.25) is 0 Å². The largest absolute Gasteiger partial charge is 0.381 e. The lowest BCUT2D eigenvalue weighted by atomic mass is 10.0. The van der Waals surface area contributed by atoms with Gasteiger partial charge in [0.05, 0.1) is 0 Å². The van der Waals surface area contributed by atoms with E-state index in [-0.39, 0.29) is 6.04 Å². The Balaban J connectivity index is 1.84. The van der Waals surface area contributed by atoms with Gasteiger partial charge in [-0.25, -0.2) is 0 Å². The summed E-state index contributed by atoms with van der Waals surface area (Å²) in [4.78, 5) is 0. The molecule has 1 saturated heterocycles. The van der Waals surface area contributed by atoms with Gasteiger partial charge in [-0.1, -0.05) is 6.07 Å². The molecule has 2 N–H and O–H groups in total. The normalized spacial score (nSPS) is 18.8. The van der Waals surface area contributed by atoms with Crippen LogP contribution in [-0.2, 0) is 11.3 Å². The Kier molecular flexibility index (Phi) is 3.58. The van der Waals surface area contributed by atoms with E-state index in [1.807, 2.05) is 6.92 Å². The van der Waals surface area contributed by atoms with E-state index in [1.54, 1.807) is 0 Å². The predicted octanol–water partition coefficient (Wildman–Crippen LogP) is 3.09. The van der Waals surface area contributed by atoms with E-state index in [4.69, 9.17) is 10.5 Å². The molecule has 0 bridgehead atoms. The highest BCUT2D eigenvalue weighted by atomic mass is 16.5. The van der Waals surface area contributed by atoms with Crippen LogP contribution in [0.25, 0.3) is 10.9 Å². The van der Waals surface area contributed by atoms with Crippen molar-refractivity contribution in [2.75, 3.05) is 13.2 Å². The van der Waals surface area contributed by atoms with Gasteiger partial charge in [-0.15, -0.1) is 0 Å². The lowest BCUT2D eigenvalue weighted by Crippen LogP contribution is -2.20. The van der Waals surface area contributed by atoms with E-state index in [0.717, 1.165) is 25.7 Å². The summed E-state index contributed by atoms with van der Waals surface area (Å²) in [6.07, 6.45) is 4.56. The molecular weight excluding hydrogens is 236 g/mol. The second-order valence-corrected chi connectivity index (χ2v) is 5.63. The van der Waals surface area contributed by atoms with Crippen molar-refractivity contribution in [2.24, 2.45) is 11.7 Å². The van der Waals surface area contributed by atoms with E-state index in [9.17, 15) is 0 Å². The molecule has 102 valence electrons. The fourth-order valence-electron chi connectivity index (χ4n) is 2.87. The highest BCUT2D eigenvalue weighted by molar-refractivity contribution is 5.81. The Labute approximate surface area is 114 Å². The Bertz CT molecular complexity index is 553. The summed E-state index contributed by atoms with van der Waals surface area (Å²) < 4.78 is 7.80. The lowest BCUT2D eigenvalue weighted by Gasteiger charge is -2.22. The summed E-state index contributed by atoms with van der Waals surface area (Å²) in [5.74, 6) is 0.748. The predicted molar refractivity (Wildman–Crippen MR) is 78.1 cm³/mol. The van der Waals surface area contributed by atoms with Crippen LogP contribution in [0.15, 0.2) is 30.5 Å². The molecule has 3 rings (SSSR count). The molecule has 1 aromatic carbocycles. The number of hydrogen-bond acceptors (Lipinski definition) is 2. The maximum absolute atomic E-state index is 5.94. The Morgan fingerprint density at radius 1 is 1.32 bits per heavy atom. The van der Waals surface area contributed by atoms with Gasteiger partial charge < -0.3 is 15.0 Å². The van der Waals surface area contributed by atoms with Crippen molar-refractivity contribution in [3.05, 3.63) is 36.0 Å². The van der Waals surface area contributed by atoms with Crippen molar-refractivity contribution >= 4 is 10.9 Å². The molecule has 2 heterocycles. The van der Waals surface area contributed by atoms with Crippen molar-refractivity contribution < 1.29 is 4.74 Å². The minimum atomic E-state index is 0.100. The quantitative estimate of drug-likeness (QED) is 0.919. The van der Waals surface area contributed by atoms with Gasteiger partial charge in [0.25, 0.3) is 0 Å². The van der Waals surface area contributed by atoms with Gasteiger partial charge in [-0.3, -0.25) is 0 Å². The first kappa shape index (κ1) is 12.7. The van der Waals surface area contributed by atoms with E-state index in [1.165, 1.54) is 29.3 Å². The highest BCUT2D eigenvalue weighted by Crippen LogP contribution is 2.24. The summed E-state index contributed by atoms with van der Waals surface area (Å²) in [6, 6.07) is 8.85. The fraction of sp³-hybridized carbons (Fsp3) is 0.500. The van der Waals surface area contributed by atoms with Crippen LogP contribution in [0.2, 0.25) is 0 Å². The van der Waals surface area contributed by atoms with E-state index < -0.39 is 0 Å². The van der Waals surface area contributed by atoms with Gasteiger partial charge in [0.1, 0.15) is 0 Å². The Hall–Kier alpha value is -1.32. The Morgan fingerprint density at radius 2 is 2.11 bits per heavy atom. The molecule has 2 aromatic rings. The lowest BCUT2D eigenvalue weighted by molar-refractivity contribution is 0.0616. The third-order valence-corrected chi connectivity index (χ3v) is 4.12. The summed E-state index contributed by atoms with van der Waals surface area (Å²) in [5.41, 5.74) is 8.46. The molecule has 1 unspecified atom stereocenters. The average Bonchev–Trinajstić information content (AvgIpc) is 2.82. The molecule has 1 atom stereocenters. The highest BCUT2D eigenvalue weighted by Gasteiger charge is 2.15. The van der Waals surface area contributed by atoms with Crippen LogP contribution >= 0.6 is 0 Å². The van der Waals surface area contributed by atoms with Crippen LogP contribution in [0.1, 0.15) is 31.4 Å².